The summed E-state index contributed by atoms with van der Waals surface area (Å²) in [6.45, 7) is 4.34. The third-order valence-electron chi connectivity index (χ3n) is 5.24. The van der Waals surface area contributed by atoms with Gasteiger partial charge in [-0.3, -0.25) is 0 Å². The fourth-order valence-electron chi connectivity index (χ4n) is 3.47. The molecular formula is C21H43NaO4S. The van der Waals surface area contributed by atoms with Gasteiger partial charge in [-0.15, -0.1) is 0 Å². The normalized spacial score (nSPS) is 13.9. The summed E-state index contributed by atoms with van der Waals surface area (Å²) in [4.78, 5) is 0. The summed E-state index contributed by atoms with van der Waals surface area (Å²) >= 11 is 0. The van der Waals surface area contributed by atoms with Crippen molar-refractivity contribution in [2.24, 2.45) is 0 Å². The van der Waals surface area contributed by atoms with E-state index in [9.17, 15) is 18.1 Å². The largest absolute Gasteiger partial charge is 1.00 e. The summed E-state index contributed by atoms with van der Waals surface area (Å²) in [5, 5.41) is 9.17. The molecule has 0 saturated heterocycles. The van der Waals surface area contributed by atoms with Gasteiger partial charge in [0.05, 0.1) is 16.2 Å². The molecule has 0 aliphatic carbocycles. The van der Waals surface area contributed by atoms with Crippen molar-refractivity contribution in [1.82, 2.24) is 0 Å². The van der Waals surface area contributed by atoms with Gasteiger partial charge in [0.2, 0.25) is 0 Å². The van der Waals surface area contributed by atoms with E-state index >= 15 is 0 Å². The number of unbranched alkanes of at least 4 members (excludes halogenated alkanes) is 10. The Morgan fingerprint density at radius 2 is 1.00 bits per heavy atom. The van der Waals surface area contributed by atoms with E-state index in [4.69, 9.17) is 0 Å². The maximum atomic E-state index is 11.5. The standard InChI is InChI=1S/C21H44O4S.Na/c1-3-5-7-8-9-10-14-18-21(26(23,24)25)19-15-11-13-17-20(22)16-12-6-4-2;/h20-22H,3-19H2,1-2H3,(H,23,24,25);/q;+1/p-1. The first-order valence-corrected chi connectivity index (χ1v) is 12.5. The molecule has 0 radical (unpaired) electrons. The van der Waals surface area contributed by atoms with Crippen molar-refractivity contribution >= 4 is 10.1 Å². The fraction of sp³-hybridized carbons (Fsp3) is 1.00. The van der Waals surface area contributed by atoms with E-state index in [-0.39, 0.29) is 35.7 Å². The molecule has 27 heavy (non-hydrogen) atoms. The maximum absolute atomic E-state index is 11.5. The van der Waals surface area contributed by atoms with Gasteiger partial charge in [-0.25, -0.2) is 8.42 Å². The Morgan fingerprint density at radius 1 is 0.667 bits per heavy atom. The molecule has 0 aliphatic rings. The van der Waals surface area contributed by atoms with Gasteiger partial charge in [-0.1, -0.05) is 97.3 Å². The fourth-order valence-corrected chi connectivity index (χ4v) is 4.38. The molecule has 0 rings (SSSR count). The van der Waals surface area contributed by atoms with Gasteiger partial charge in [0.25, 0.3) is 0 Å². The molecule has 0 bridgehead atoms. The van der Waals surface area contributed by atoms with Crippen molar-refractivity contribution in [2.75, 3.05) is 0 Å². The Morgan fingerprint density at radius 3 is 1.48 bits per heavy atom. The van der Waals surface area contributed by atoms with Crippen LogP contribution in [0.3, 0.4) is 0 Å². The SMILES string of the molecule is CCCCCCCCCC(CCCCCC(O)CCCCC)S(=O)(=O)[O-].[Na+]. The maximum Gasteiger partial charge on any atom is 1.00 e. The van der Waals surface area contributed by atoms with Crippen LogP contribution < -0.4 is 29.6 Å². The van der Waals surface area contributed by atoms with E-state index in [2.05, 4.69) is 13.8 Å². The molecule has 0 saturated carbocycles. The molecule has 158 valence electrons. The van der Waals surface area contributed by atoms with E-state index in [1.807, 2.05) is 0 Å². The molecule has 1 N–H and O–H groups in total. The van der Waals surface area contributed by atoms with Crippen LogP contribution in [0.2, 0.25) is 0 Å². The summed E-state index contributed by atoms with van der Waals surface area (Å²) in [5.74, 6) is 0. The van der Waals surface area contributed by atoms with Gasteiger partial charge in [-0.2, -0.15) is 0 Å². The second-order valence-electron chi connectivity index (χ2n) is 7.81. The second-order valence-corrected chi connectivity index (χ2v) is 9.46. The Kier molecular flexibility index (Phi) is 22.4. The van der Waals surface area contributed by atoms with Crippen LogP contribution in [0.1, 0.15) is 123 Å². The molecule has 0 aromatic carbocycles. The van der Waals surface area contributed by atoms with Gasteiger partial charge >= 0.3 is 29.6 Å². The summed E-state index contributed by atoms with van der Waals surface area (Å²) in [6.07, 6.45) is 16.4. The molecule has 6 heteroatoms. The van der Waals surface area contributed by atoms with Crippen molar-refractivity contribution in [3.8, 4) is 0 Å². The third-order valence-corrected chi connectivity index (χ3v) is 6.53. The molecule has 0 aliphatic heterocycles. The Bertz CT molecular complexity index is 401. The average Bonchev–Trinajstić information content (AvgIpc) is 2.58. The third kappa shape index (κ3) is 19.9. The minimum atomic E-state index is -4.18. The summed E-state index contributed by atoms with van der Waals surface area (Å²) < 4.78 is 34.4. The topological polar surface area (TPSA) is 77.4 Å². The predicted octanol–water partition coefficient (Wildman–Crippen LogP) is 2.94. The molecular weight excluding hydrogens is 371 g/mol. The van der Waals surface area contributed by atoms with Crippen molar-refractivity contribution < 1.29 is 47.6 Å². The number of hydrogen-bond acceptors (Lipinski definition) is 4. The van der Waals surface area contributed by atoms with Crippen LogP contribution >= 0.6 is 0 Å². The van der Waals surface area contributed by atoms with Gasteiger partial charge < -0.3 is 9.66 Å². The molecule has 0 spiro atoms. The van der Waals surface area contributed by atoms with Crippen LogP contribution in [0.5, 0.6) is 0 Å². The first kappa shape index (κ1) is 30.1. The summed E-state index contributed by atoms with van der Waals surface area (Å²) in [5.41, 5.74) is 0. The van der Waals surface area contributed by atoms with Crippen molar-refractivity contribution in [1.29, 1.82) is 0 Å². The molecule has 0 fully saturated rings. The molecule has 2 unspecified atom stereocenters. The van der Waals surface area contributed by atoms with E-state index in [1.165, 1.54) is 32.1 Å². The van der Waals surface area contributed by atoms with Crippen LogP contribution in [-0.2, 0) is 10.1 Å². The van der Waals surface area contributed by atoms with E-state index in [1.54, 1.807) is 0 Å². The minimum Gasteiger partial charge on any atom is -0.748 e. The average molecular weight is 415 g/mol. The molecule has 0 aromatic heterocycles. The van der Waals surface area contributed by atoms with Crippen LogP contribution in [0.4, 0.5) is 0 Å². The number of hydrogen-bond donors (Lipinski definition) is 1. The number of aliphatic hydroxyl groups is 1. The monoisotopic (exact) mass is 414 g/mol. The van der Waals surface area contributed by atoms with Crippen LogP contribution in [0.25, 0.3) is 0 Å². The van der Waals surface area contributed by atoms with Crippen molar-refractivity contribution in [3.05, 3.63) is 0 Å². The van der Waals surface area contributed by atoms with Crippen molar-refractivity contribution in [2.45, 2.75) is 134 Å². The van der Waals surface area contributed by atoms with Gasteiger partial charge in [0.1, 0.15) is 0 Å². The van der Waals surface area contributed by atoms with Crippen molar-refractivity contribution in [3.63, 3.8) is 0 Å². The first-order valence-electron chi connectivity index (χ1n) is 11.0. The smallest absolute Gasteiger partial charge is 0.748 e. The van der Waals surface area contributed by atoms with Gasteiger partial charge in [-0.05, 0) is 25.7 Å². The van der Waals surface area contributed by atoms with E-state index in [0.29, 0.717) is 12.8 Å². The van der Waals surface area contributed by atoms with Crippen LogP contribution in [-0.4, -0.2) is 29.4 Å². The Balaban J connectivity index is 0. The molecule has 0 aromatic rings. The minimum absolute atomic E-state index is 0. The zero-order valence-corrected chi connectivity index (χ0v) is 21.1. The number of aliphatic hydroxyl groups excluding tert-OH is 1. The summed E-state index contributed by atoms with van der Waals surface area (Å²) in [7, 11) is -4.18. The molecule has 0 heterocycles. The Labute approximate surface area is 191 Å². The number of rotatable bonds is 19. The van der Waals surface area contributed by atoms with Crippen LogP contribution in [0, 0.1) is 0 Å². The Hall–Kier alpha value is 0.870. The van der Waals surface area contributed by atoms with E-state index < -0.39 is 15.4 Å². The predicted molar refractivity (Wildman–Crippen MR) is 109 cm³/mol. The molecule has 4 nitrogen and oxygen atoms in total. The quantitative estimate of drug-likeness (QED) is 0.200. The second kappa shape index (κ2) is 20.2. The summed E-state index contributed by atoms with van der Waals surface area (Å²) in [6, 6.07) is 0. The first-order chi connectivity index (χ1) is 12.4. The molecule has 2 atom stereocenters. The van der Waals surface area contributed by atoms with Gasteiger partial charge in [0, 0.05) is 5.25 Å². The zero-order chi connectivity index (χ0) is 19.7. The molecule has 0 amide bonds. The zero-order valence-electron chi connectivity index (χ0n) is 18.3. The van der Waals surface area contributed by atoms with Crippen LogP contribution in [0.15, 0.2) is 0 Å². The van der Waals surface area contributed by atoms with E-state index in [0.717, 1.165) is 64.2 Å². The van der Waals surface area contributed by atoms with Gasteiger partial charge in [0.15, 0.2) is 0 Å².